The van der Waals surface area contributed by atoms with Crippen LogP contribution in [0.2, 0.25) is 0 Å². The van der Waals surface area contributed by atoms with Crippen molar-refractivity contribution in [2.24, 2.45) is 0 Å². The van der Waals surface area contributed by atoms with E-state index < -0.39 is 0 Å². The summed E-state index contributed by atoms with van der Waals surface area (Å²) in [6.07, 6.45) is 8.95. The van der Waals surface area contributed by atoms with Crippen molar-refractivity contribution in [3.63, 3.8) is 0 Å². The van der Waals surface area contributed by atoms with Gasteiger partial charge in [0.1, 0.15) is 18.7 Å². The number of pyridine rings is 1. The number of hydrogen-bond donors (Lipinski definition) is 1. The van der Waals surface area contributed by atoms with Crippen molar-refractivity contribution >= 4 is 5.91 Å². The Hall–Kier alpha value is -3.06. The Morgan fingerprint density at radius 2 is 1.93 bits per heavy atom. The Kier molecular flexibility index (Phi) is 5.20. The van der Waals surface area contributed by atoms with Gasteiger partial charge in [-0.1, -0.05) is 18.2 Å². The molecule has 1 aliphatic rings. The summed E-state index contributed by atoms with van der Waals surface area (Å²) >= 11 is 0. The number of amides is 1. The van der Waals surface area contributed by atoms with Crippen molar-refractivity contribution < 1.29 is 4.79 Å². The summed E-state index contributed by atoms with van der Waals surface area (Å²) in [4.78, 5) is 23.3. The van der Waals surface area contributed by atoms with Crippen LogP contribution < -0.4 is 5.32 Å². The molecule has 0 bridgehead atoms. The molecule has 1 aliphatic heterocycles. The highest BCUT2D eigenvalue weighted by atomic mass is 16.2. The average molecular weight is 362 g/mol. The topological polar surface area (TPSA) is 75.9 Å². The first-order valence-electron chi connectivity index (χ1n) is 9.17. The molecule has 0 radical (unpaired) electrons. The second kappa shape index (κ2) is 8.09. The molecule has 3 heterocycles. The van der Waals surface area contributed by atoms with Gasteiger partial charge in [0.15, 0.2) is 0 Å². The van der Waals surface area contributed by atoms with Crippen molar-refractivity contribution in [1.29, 1.82) is 0 Å². The molecule has 0 spiro atoms. The van der Waals surface area contributed by atoms with E-state index in [9.17, 15) is 4.79 Å². The monoisotopic (exact) mass is 362 g/mol. The third-order valence-electron chi connectivity index (χ3n) is 4.84. The van der Waals surface area contributed by atoms with Crippen molar-refractivity contribution in [3.8, 4) is 5.69 Å². The van der Waals surface area contributed by atoms with E-state index in [0.717, 1.165) is 42.7 Å². The molecule has 4 rings (SSSR count). The van der Waals surface area contributed by atoms with Gasteiger partial charge in [-0.25, -0.2) is 9.67 Å². The number of benzene rings is 1. The molecule has 2 aromatic heterocycles. The number of aromatic nitrogens is 4. The predicted molar refractivity (Wildman–Crippen MR) is 101 cm³/mol. The molecule has 7 nitrogen and oxygen atoms in total. The number of rotatable bonds is 6. The third kappa shape index (κ3) is 4.03. The highest BCUT2D eigenvalue weighted by Crippen LogP contribution is 2.25. The lowest BCUT2D eigenvalue weighted by Crippen LogP contribution is -2.39. The zero-order valence-corrected chi connectivity index (χ0v) is 15.0. The Labute approximate surface area is 158 Å². The zero-order chi connectivity index (χ0) is 18.5. The standard InChI is InChI=1S/C20H22N6O/c27-20(19(25-10-1-2-11-25)17-4-3-9-21-13-17)23-12-16-5-7-18(8-6-16)26-15-22-14-24-26/h3-9,13-15,19H,1-2,10-12H2,(H,23,27)/t19-/m1/s1. The van der Waals surface area contributed by atoms with Gasteiger partial charge in [-0.3, -0.25) is 14.7 Å². The molecule has 3 aromatic rings. The van der Waals surface area contributed by atoms with Gasteiger partial charge < -0.3 is 5.32 Å². The second-order valence-electron chi connectivity index (χ2n) is 6.66. The van der Waals surface area contributed by atoms with Gasteiger partial charge in [-0.2, -0.15) is 5.10 Å². The summed E-state index contributed by atoms with van der Waals surface area (Å²) < 4.78 is 1.70. The number of likely N-dealkylation sites (tertiary alicyclic amines) is 1. The van der Waals surface area contributed by atoms with Crippen LogP contribution in [-0.4, -0.2) is 43.6 Å². The van der Waals surface area contributed by atoms with E-state index in [2.05, 4.69) is 25.3 Å². The van der Waals surface area contributed by atoms with Gasteiger partial charge in [0.25, 0.3) is 0 Å². The van der Waals surface area contributed by atoms with Crippen LogP contribution >= 0.6 is 0 Å². The zero-order valence-electron chi connectivity index (χ0n) is 15.0. The molecule has 1 aromatic carbocycles. The maximum absolute atomic E-state index is 13.0. The summed E-state index contributed by atoms with van der Waals surface area (Å²) in [6.45, 7) is 2.38. The normalized spacial score (nSPS) is 15.6. The molecule has 1 fully saturated rings. The molecule has 138 valence electrons. The van der Waals surface area contributed by atoms with Gasteiger partial charge in [0.05, 0.1) is 5.69 Å². The highest BCUT2D eigenvalue weighted by molar-refractivity contribution is 5.83. The fraction of sp³-hybridized carbons (Fsp3) is 0.300. The Bertz CT molecular complexity index is 857. The van der Waals surface area contributed by atoms with Gasteiger partial charge in [-0.05, 0) is 55.3 Å². The fourth-order valence-corrected chi connectivity index (χ4v) is 3.46. The number of nitrogens with zero attached hydrogens (tertiary/aromatic N) is 5. The molecule has 1 saturated heterocycles. The van der Waals surface area contributed by atoms with Crippen LogP contribution in [0.3, 0.4) is 0 Å². The minimum Gasteiger partial charge on any atom is -0.350 e. The van der Waals surface area contributed by atoms with Crippen LogP contribution in [0.5, 0.6) is 0 Å². The van der Waals surface area contributed by atoms with Gasteiger partial charge >= 0.3 is 0 Å². The smallest absolute Gasteiger partial charge is 0.242 e. The van der Waals surface area contributed by atoms with Gasteiger partial charge in [0.2, 0.25) is 5.91 Å². The first kappa shape index (κ1) is 17.4. The maximum atomic E-state index is 13.0. The Balaban J connectivity index is 1.43. The molecule has 1 atom stereocenters. The molecule has 0 saturated carbocycles. The second-order valence-corrected chi connectivity index (χ2v) is 6.66. The first-order valence-corrected chi connectivity index (χ1v) is 9.17. The lowest BCUT2D eigenvalue weighted by Gasteiger charge is -2.26. The predicted octanol–water partition coefficient (Wildman–Crippen LogP) is 2.12. The Morgan fingerprint density at radius 3 is 2.59 bits per heavy atom. The van der Waals surface area contributed by atoms with E-state index in [0.29, 0.717) is 6.54 Å². The molecule has 0 unspecified atom stereocenters. The van der Waals surface area contributed by atoms with Crippen LogP contribution in [0.25, 0.3) is 5.69 Å². The lowest BCUT2D eigenvalue weighted by molar-refractivity contribution is -0.126. The van der Waals surface area contributed by atoms with Crippen LogP contribution in [0.15, 0.2) is 61.4 Å². The summed E-state index contributed by atoms with van der Waals surface area (Å²) in [6, 6.07) is 11.5. The van der Waals surface area contributed by atoms with E-state index in [1.54, 1.807) is 23.4 Å². The van der Waals surface area contributed by atoms with Crippen LogP contribution in [-0.2, 0) is 11.3 Å². The molecule has 0 aliphatic carbocycles. The maximum Gasteiger partial charge on any atom is 0.242 e. The van der Waals surface area contributed by atoms with Crippen molar-refractivity contribution in [3.05, 3.63) is 72.6 Å². The number of carbonyl (C=O) groups excluding carboxylic acids is 1. The van der Waals surface area contributed by atoms with Crippen molar-refractivity contribution in [1.82, 2.24) is 30.0 Å². The largest absolute Gasteiger partial charge is 0.350 e. The quantitative estimate of drug-likeness (QED) is 0.727. The summed E-state index contributed by atoms with van der Waals surface area (Å²) in [7, 11) is 0. The molecule has 27 heavy (non-hydrogen) atoms. The minimum atomic E-state index is -0.282. The van der Waals surface area contributed by atoms with E-state index in [4.69, 9.17) is 0 Å². The van der Waals surface area contributed by atoms with Crippen LogP contribution in [0.4, 0.5) is 0 Å². The average Bonchev–Trinajstić information content (AvgIpc) is 3.42. The van der Waals surface area contributed by atoms with E-state index in [1.165, 1.54) is 6.33 Å². The van der Waals surface area contributed by atoms with E-state index in [-0.39, 0.29) is 11.9 Å². The summed E-state index contributed by atoms with van der Waals surface area (Å²) in [5.41, 5.74) is 2.92. The Morgan fingerprint density at radius 1 is 1.11 bits per heavy atom. The molecular weight excluding hydrogens is 340 g/mol. The van der Waals surface area contributed by atoms with E-state index >= 15 is 0 Å². The van der Waals surface area contributed by atoms with E-state index in [1.807, 2.05) is 36.4 Å². The highest BCUT2D eigenvalue weighted by Gasteiger charge is 2.29. The first-order chi connectivity index (χ1) is 13.3. The summed E-state index contributed by atoms with van der Waals surface area (Å²) in [5, 5.41) is 7.20. The third-order valence-corrected chi connectivity index (χ3v) is 4.84. The van der Waals surface area contributed by atoms with Crippen molar-refractivity contribution in [2.75, 3.05) is 13.1 Å². The number of carbonyl (C=O) groups is 1. The van der Waals surface area contributed by atoms with Crippen LogP contribution in [0.1, 0.15) is 30.0 Å². The van der Waals surface area contributed by atoms with Crippen LogP contribution in [0, 0.1) is 0 Å². The fourth-order valence-electron chi connectivity index (χ4n) is 3.46. The lowest BCUT2D eigenvalue weighted by atomic mass is 10.1. The summed E-state index contributed by atoms with van der Waals surface area (Å²) in [5.74, 6) is 0.0188. The van der Waals surface area contributed by atoms with Crippen molar-refractivity contribution in [2.45, 2.75) is 25.4 Å². The van der Waals surface area contributed by atoms with Gasteiger partial charge in [0, 0.05) is 18.9 Å². The number of nitrogens with one attached hydrogen (secondary N) is 1. The molecule has 1 amide bonds. The molecular formula is C20H22N6O. The minimum absolute atomic E-state index is 0.0188. The SMILES string of the molecule is O=C(NCc1ccc(-n2cncn2)cc1)[C@@H](c1cccnc1)N1CCCC1. The number of hydrogen-bond acceptors (Lipinski definition) is 5. The van der Waals surface area contributed by atoms with Gasteiger partial charge in [-0.15, -0.1) is 0 Å². The molecule has 7 heteroatoms. The molecule has 1 N–H and O–H groups in total.